The highest BCUT2D eigenvalue weighted by molar-refractivity contribution is 7.90. The minimum Gasteiger partial charge on any atom is -0.409 e. The van der Waals surface area contributed by atoms with Crippen LogP contribution in [0.1, 0.15) is 6.92 Å². The molecule has 1 unspecified atom stereocenters. The van der Waals surface area contributed by atoms with Crippen LogP contribution in [0.3, 0.4) is 0 Å². The van der Waals surface area contributed by atoms with Gasteiger partial charge in [-0.2, -0.15) is 0 Å². The third-order valence-electron chi connectivity index (χ3n) is 1.31. The molecule has 0 aliphatic heterocycles. The molecule has 0 bridgehead atoms. The predicted molar refractivity (Wildman–Crippen MR) is 50.6 cm³/mol. The van der Waals surface area contributed by atoms with Crippen molar-refractivity contribution in [1.29, 1.82) is 0 Å². The molecule has 0 saturated heterocycles. The summed E-state index contributed by atoms with van der Waals surface area (Å²) in [5, 5.41) is 13.7. The Bertz CT molecular complexity index is 273. The molecular formula is C6H15N3O3S. The van der Waals surface area contributed by atoms with Crippen molar-refractivity contribution in [3.8, 4) is 0 Å². The van der Waals surface area contributed by atoms with Gasteiger partial charge in [0.05, 0.1) is 12.3 Å². The predicted octanol–water partition coefficient (Wildman–Crippen LogP) is -1.24. The Morgan fingerprint density at radius 3 is 2.62 bits per heavy atom. The molecule has 0 rings (SSSR count). The van der Waals surface area contributed by atoms with Crippen molar-refractivity contribution in [1.82, 2.24) is 5.32 Å². The van der Waals surface area contributed by atoms with Gasteiger partial charge in [-0.3, -0.25) is 0 Å². The lowest BCUT2D eigenvalue weighted by Crippen LogP contribution is -2.38. The fourth-order valence-electron chi connectivity index (χ4n) is 0.827. The van der Waals surface area contributed by atoms with E-state index in [9.17, 15) is 8.42 Å². The first-order valence-corrected chi connectivity index (χ1v) is 5.78. The van der Waals surface area contributed by atoms with Crippen LogP contribution in [0.2, 0.25) is 0 Å². The molecule has 0 aliphatic rings. The highest BCUT2D eigenvalue weighted by atomic mass is 32.2. The molecule has 78 valence electrons. The van der Waals surface area contributed by atoms with E-state index in [1.165, 1.54) is 0 Å². The van der Waals surface area contributed by atoms with E-state index in [0.29, 0.717) is 0 Å². The highest BCUT2D eigenvalue weighted by Crippen LogP contribution is 1.89. The van der Waals surface area contributed by atoms with Crippen LogP contribution in [0.25, 0.3) is 0 Å². The lowest BCUT2D eigenvalue weighted by Gasteiger charge is -2.11. The van der Waals surface area contributed by atoms with Crippen LogP contribution < -0.4 is 11.1 Å². The fourth-order valence-corrected chi connectivity index (χ4v) is 1.85. The van der Waals surface area contributed by atoms with Gasteiger partial charge in [0.2, 0.25) is 0 Å². The number of rotatable bonds is 5. The van der Waals surface area contributed by atoms with Gasteiger partial charge in [0, 0.05) is 12.3 Å². The number of nitrogens with two attached hydrogens (primary N) is 1. The quantitative estimate of drug-likeness (QED) is 0.227. The summed E-state index contributed by atoms with van der Waals surface area (Å²) in [5.74, 6) is 0.0615. The maximum atomic E-state index is 10.8. The summed E-state index contributed by atoms with van der Waals surface area (Å²) in [6.07, 6.45) is 1.16. The fraction of sp³-hybridized carbons (Fsp3) is 0.833. The van der Waals surface area contributed by atoms with Gasteiger partial charge in [-0.1, -0.05) is 5.16 Å². The smallest absolute Gasteiger partial charge is 0.153 e. The van der Waals surface area contributed by atoms with Gasteiger partial charge in [0.15, 0.2) is 5.84 Å². The number of amidine groups is 1. The second-order valence-corrected chi connectivity index (χ2v) is 5.15. The Morgan fingerprint density at radius 2 is 2.23 bits per heavy atom. The van der Waals surface area contributed by atoms with Crippen molar-refractivity contribution in [3.05, 3.63) is 0 Å². The van der Waals surface area contributed by atoms with Gasteiger partial charge < -0.3 is 16.3 Å². The van der Waals surface area contributed by atoms with Crippen LogP contribution in [-0.4, -0.2) is 44.1 Å². The molecule has 13 heavy (non-hydrogen) atoms. The Hall–Kier alpha value is -0.820. The van der Waals surface area contributed by atoms with Crippen LogP contribution in [-0.2, 0) is 9.84 Å². The molecule has 0 heterocycles. The van der Waals surface area contributed by atoms with Crippen molar-refractivity contribution >= 4 is 15.7 Å². The monoisotopic (exact) mass is 209 g/mol. The first-order chi connectivity index (χ1) is 5.85. The van der Waals surface area contributed by atoms with Gasteiger partial charge in [0.1, 0.15) is 9.84 Å². The normalized spacial score (nSPS) is 15.7. The number of nitrogens with zero attached hydrogens (tertiary/aromatic N) is 1. The number of nitrogens with one attached hydrogen (secondary N) is 1. The van der Waals surface area contributed by atoms with E-state index in [4.69, 9.17) is 10.9 Å². The number of sulfone groups is 1. The molecule has 0 aromatic rings. The van der Waals surface area contributed by atoms with Crippen LogP contribution in [0.4, 0.5) is 0 Å². The van der Waals surface area contributed by atoms with Gasteiger partial charge in [-0.25, -0.2) is 8.42 Å². The molecule has 0 fully saturated rings. The second kappa shape index (κ2) is 5.03. The summed E-state index contributed by atoms with van der Waals surface area (Å²) < 4.78 is 21.6. The molecule has 1 atom stereocenters. The summed E-state index contributed by atoms with van der Waals surface area (Å²) in [6, 6.07) is -0.213. The zero-order valence-electron chi connectivity index (χ0n) is 7.69. The molecule has 6 nitrogen and oxygen atoms in total. The SMILES string of the molecule is CC(CS(C)(=O)=O)NCC(N)=NO. The van der Waals surface area contributed by atoms with Crippen LogP contribution in [0, 0.1) is 0 Å². The highest BCUT2D eigenvalue weighted by Gasteiger charge is 2.09. The molecule has 0 spiro atoms. The summed E-state index contributed by atoms with van der Waals surface area (Å²) in [6.45, 7) is 1.89. The minimum atomic E-state index is -2.98. The largest absolute Gasteiger partial charge is 0.409 e. The van der Waals surface area contributed by atoms with Gasteiger partial charge >= 0.3 is 0 Å². The average Bonchev–Trinajstić information content (AvgIpc) is 1.97. The van der Waals surface area contributed by atoms with Crippen molar-refractivity contribution in [3.63, 3.8) is 0 Å². The number of oxime groups is 1. The summed E-state index contributed by atoms with van der Waals surface area (Å²) in [4.78, 5) is 0. The van der Waals surface area contributed by atoms with Crippen LogP contribution >= 0.6 is 0 Å². The Balaban J connectivity index is 3.83. The van der Waals surface area contributed by atoms with Crippen molar-refractivity contribution < 1.29 is 13.6 Å². The molecule has 0 saturated carbocycles. The Kier molecular flexibility index (Phi) is 4.71. The average molecular weight is 209 g/mol. The molecule has 4 N–H and O–H groups in total. The minimum absolute atomic E-state index is 0.0281. The van der Waals surface area contributed by atoms with Gasteiger partial charge in [-0.05, 0) is 6.92 Å². The van der Waals surface area contributed by atoms with Gasteiger partial charge in [0.25, 0.3) is 0 Å². The molecule has 0 aromatic carbocycles. The van der Waals surface area contributed by atoms with E-state index in [2.05, 4.69) is 10.5 Å². The lowest BCUT2D eigenvalue weighted by atomic mass is 10.4. The van der Waals surface area contributed by atoms with E-state index in [-0.39, 0.29) is 24.2 Å². The van der Waals surface area contributed by atoms with Crippen LogP contribution in [0.15, 0.2) is 5.16 Å². The maximum Gasteiger partial charge on any atom is 0.153 e. The zero-order chi connectivity index (χ0) is 10.5. The summed E-state index contributed by atoms with van der Waals surface area (Å²) in [5.41, 5.74) is 5.17. The van der Waals surface area contributed by atoms with E-state index in [0.717, 1.165) is 6.26 Å². The van der Waals surface area contributed by atoms with Crippen molar-refractivity contribution in [2.24, 2.45) is 10.9 Å². The topological polar surface area (TPSA) is 105 Å². The van der Waals surface area contributed by atoms with Crippen molar-refractivity contribution in [2.75, 3.05) is 18.6 Å². The zero-order valence-corrected chi connectivity index (χ0v) is 8.50. The van der Waals surface area contributed by atoms with Gasteiger partial charge in [-0.15, -0.1) is 0 Å². The Morgan fingerprint density at radius 1 is 1.69 bits per heavy atom. The third-order valence-corrected chi connectivity index (χ3v) is 2.42. The summed E-state index contributed by atoms with van der Waals surface area (Å²) >= 11 is 0. The maximum absolute atomic E-state index is 10.8. The number of hydrogen-bond acceptors (Lipinski definition) is 5. The summed E-state index contributed by atoms with van der Waals surface area (Å²) in [7, 11) is -2.98. The first-order valence-electron chi connectivity index (χ1n) is 3.72. The van der Waals surface area contributed by atoms with E-state index in [1.807, 2.05) is 0 Å². The lowest BCUT2D eigenvalue weighted by molar-refractivity contribution is 0.317. The van der Waals surface area contributed by atoms with E-state index in [1.54, 1.807) is 6.92 Å². The van der Waals surface area contributed by atoms with Crippen LogP contribution in [0.5, 0.6) is 0 Å². The molecule has 7 heteroatoms. The molecule has 0 aliphatic carbocycles. The van der Waals surface area contributed by atoms with E-state index < -0.39 is 9.84 Å². The third kappa shape index (κ3) is 7.54. The number of hydrogen-bond donors (Lipinski definition) is 3. The van der Waals surface area contributed by atoms with E-state index >= 15 is 0 Å². The molecule has 0 amide bonds. The first kappa shape index (κ1) is 12.2. The Labute approximate surface area is 77.7 Å². The molecule has 0 aromatic heterocycles. The standard InChI is InChI=1S/C6H15N3O3S/c1-5(4-13(2,11)12)8-3-6(7)9-10/h5,8,10H,3-4H2,1-2H3,(H2,7,9). The second-order valence-electron chi connectivity index (χ2n) is 2.97. The molecule has 0 radical (unpaired) electrons. The molecular weight excluding hydrogens is 194 g/mol. The van der Waals surface area contributed by atoms with Crippen molar-refractivity contribution in [2.45, 2.75) is 13.0 Å².